The number of hydrogen-bond acceptors (Lipinski definition) is 4. The molecule has 0 radical (unpaired) electrons. The molecule has 2 aliphatic heterocycles. The third-order valence-corrected chi connectivity index (χ3v) is 4.47. The Morgan fingerprint density at radius 2 is 1.78 bits per heavy atom. The summed E-state index contributed by atoms with van der Waals surface area (Å²) in [6.07, 6.45) is 4.05. The second kappa shape index (κ2) is 8.41. The summed E-state index contributed by atoms with van der Waals surface area (Å²) in [4.78, 5) is 14.3. The highest BCUT2D eigenvalue weighted by Crippen LogP contribution is 2.22. The van der Waals surface area contributed by atoms with E-state index in [4.69, 9.17) is 9.47 Å². The molecule has 2 heterocycles. The van der Waals surface area contributed by atoms with Gasteiger partial charge in [-0.15, -0.1) is 12.4 Å². The van der Waals surface area contributed by atoms with Crippen LogP contribution < -0.4 is 14.8 Å². The number of rotatable bonds is 4. The third-order valence-electron chi connectivity index (χ3n) is 4.47. The summed E-state index contributed by atoms with van der Waals surface area (Å²) in [6.45, 7) is 2.54. The molecule has 1 amide bonds. The Bertz CT molecular complexity index is 495. The number of halogens is 1. The molecule has 1 aromatic rings. The van der Waals surface area contributed by atoms with Gasteiger partial charge >= 0.3 is 0 Å². The number of amides is 1. The molecule has 2 aliphatic rings. The van der Waals surface area contributed by atoms with Crippen molar-refractivity contribution in [2.75, 3.05) is 26.7 Å². The summed E-state index contributed by atoms with van der Waals surface area (Å²) < 4.78 is 11.1. The molecule has 0 unspecified atom stereocenters. The topological polar surface area (TPSA) is 50.8 Å². The predicted molar refractivity (Wildman–Crippen MR) is 91.5 cm³/mol. The third kappa shape index (κ3) is 4.52. The maximum Gasteiger partial charge on any atom is 0.239 e. The van der Waals surface area contributed by atoms with Crippen LogP contribution in [0.1, 0.15) is 25.7 Å². The summed E-state index contributed by atoms with van der Waals surface area (Å²) in [5.41, 5.74) is 0. The molecule has 0 aliphatic carbocycles. The maximum absolute atomic E-state index is 12.3. The minimum absolute atomic E-state index is 0. The Labute approximate surface area is 143 Å². The van der Waals surface area contributed by atoms with Crippen LogP contribution in [0.5, 0.6) is 11.5 Å². The molecule has 0 bridgehead atoms. The van der Waals surface area contributed by atoms with E-state index in [0.29, 0.717) is 0 Å². The number of ether oxygens (including phenoxy) is 2. The number of nitrogens with one attached hydrogen (secondary N) is 1. The van der Waals surface area contributed by atoms with Crippen molar-refractivity contribution in [2.24, 2.45) is 0 Å². The van der Waals surface area contributed by atoms with E-state index in [2.05, 4.69) is 5.32 Å². The zero-order valence-electron chi connectivity index (χ0n) is 13.5. The Morgan fingerprint density at radius 3 is 2.35 bits per heavy atom. The van der Waals surface area contributed by atoms with Gasteiger partial charge in [0.1, 0.15) is 17.6 Å². The van der Waals surface area contributed by atoms with Crippen LogP contribution in [-0.2, 0) is 4.79 Å². The van der Waals surface area contributed by atoms with Crippen molar-refractivity contribution in [1.29, 1.82) is 0 Å². The van der Waals surface area contributed by atoms with Gasteiger partial charge in [0.15, 0.2) is 0 Å². The van der Waals surface area contributed by atoms with Crippen LogP contribution in [0, 0.1) is 0 Å². The molecule has 3 rings (SSSR count). The Morgan fingerprint density at radius 1 is 1.13 bits per heavy atom. The Hall–Kier alpha value is -1.46. The number of benzene rings is 1. The van der Waals surface area contributed by atoms with Gasteiger partial charge in [-0.2, -0.15) is 0 Å². The average Bonchev–Trinajstić information content (AvgIpc) is 3.10. The number of methoxy groups -OCH3 is 1. The standard InChI is InChI=1S/C17H24N2O3.ClH/c1-21-13-4-6-14(7-5-13)22-15-8-11-19(12-9-15)17(20)16-3-2-10-18-16;/h4-7,15-16,18H,2-3,8-12H2,1H3;1H/t16-;/m0./s1. The van der Waals surface area contributed by atoms with Gasteiger partial charge in [0.05, 0.1) is 13.2 Å². The number of carbonyl (C=O) groups excluding carboxylic acids is 1. The van der Waals surface area contributed by atoms with Crippen molar-refractivity contribution < 1.29 is 14.3 Å². The van der Waals surface area contributed by atoms with Crippen LogP contribution in [0.4, 0.5) is 0 Å². The van der Waals surface area contributed by atoms with E-state index in [9.17, 15) is 4.79 Å². The zero-order chi connectivity index (χ0) is 15.4. The molecule has 128 valence electrons. The molecular weight excluding hydrogens is 316 g/mol. The normalized spacial score (nSPS) is 21.6. The number of likely N-dealkylation sites (tertiary alicyclic amines) is 1. The molecular formula is C17H25ClN2O3. The number of carbonyl (C=O) groups is 1. The molecule has 23 heavy (non-hydrogen) atoms. The highest BCUT2D eigenvalue weighted by atomic mass is 35.5. The number of nitrogens with zero attached hydrogens (tertiary/aromatic N) is 1. The predicted octanol–water partition coefficient (Wildman–Crippen LogP) is 2.24. The summed E-state index contributed by atoms with van der Waals surface area (Å²) in [5, 5.41) is 3.28. The zero-order valence-corrected chi connectivity index (χ0v) is 14.3. The molecule has 1 atom stereocenters. The fourth-order valence-electron chi connectivity index (χ4n) is 3.16. The lowest BCUT2D eigenvalue weighted by molar-refractivity contribution is -0.134. The second-order valence-corrected chi connectivity index (χ2v) is 5.97. The minimum Gasteiger partial charge on any atom is -0.497 e. The first-order chi connectivity index (χ1) is 10.8. The largest absolute Gasteiger partial charge is 0.497 e. The van der Waals surface area contributed by atoms with Crippen LogP contribution in [0.25, 0.3) is 0 Å². The first kappa shape index (κ1) is 17.9. The van der Waals surface area contributed by atoms with Gasteiger partial charge in [0, 0.05) is 25.9 Å². The quantitative estimate of drug-likeness (QED) is 0.913. The van der Waals surface area contributed by atoms with E-state index in [1.807, 2.05) is 29.2 Å². The second-order valence-electron chi connectivity index (χ2n) is 5.97. The fraction of sp³-hybridized carbons (Fsp3) is 0.588. The van der Waals surface area contributed by atoms with Crippen LogP contribution in [0.15, 0.2) is 24.3 Å². The van der Waals surface area contributed by atoms with E-state index >= 15 is 0 Å². The molecule has 1 N–H and O–H groups in total. The van der Waals surface area contributed by atoms with Gasteiger partial charge < -0.3 is 19.7 Å². The lowest BCUT2D eigenvalue weighted by atomic mass is 10.1. The highest BCUT2D eigenvalue weighted by Gasteiger charge is 2.30. The lowest BCUT2D eigenvalue weighted by Crippen LogP contribution is -2.48. The van der Waals surface area contributed by atoms with Crippen LogP contribution in [0.3, 0.4) is 0 Å². The van der Waals surface area contributed by atoms with Gasteiger partial charge in [-0.05, 0) is 43.7 Å². The van der Waals surface area contributed by atoms with Gasteiger partial charge in [-0.3, -0.25) is 4.79 Å². The van der Waals surface area contributed by atoms with Crippen LogP contribution in [0.2, 0.25) is 0 Å². The molecule has 5 nitrogen and oxygen atoms in total. The van der Waals surface area contributed by atoms with Gasteiger partial charge in [-0.1, -0.05) is 0 Å². The first-order valence-corrected chi connectivity index (χ1v) is 8.09. The lowest BCUT2D eigenvalue weighted by Gasteiger charge is -2.33. The minimum atomic E-state index is 0. The molecule has 6 heteroatoms. The van der Waals surface area contributed by atoms with Crippen molar-refractivity contribution in [2.45, 2.75) is 37.8 Å². The first-order valence-electron chi connectivity index (χ1n) is 8.09. The summed E-state index contributed by atoms with van der Waals surface area (Å²) in [7, 11) is 1.65. The average molecular weight is 341 g/mol. The van der Waals surface area contributed by atoms with Gasteiger partial charge in [0.2, 0.25) is 5.91 Å². The van der Waals surface area contributed by atoms with E-state index in [0.717, 1.165) is 56.8 Å². The molecule has 2 saturated heterocycles. The smallest absolute Gasteiger partial charge is 0.239 e. The summed E-state index contributed by atoms with van der Waals surface area (Å²) in [6, 6.07) is 7.70. The molecule has 2 fully saturated rings. The van der Waals surface area contributed by atoms with Crippen LogP contribution >= 0.6 is 12.4 Å². The number of hydrogen-bond donors (Lipinski definition) is 1. The van der Waals surface area contributed by atoms with E-state index < -0.39 is 0 Å². The van der Waals surface area contributed by atoms with E-state index in [1.54, 1.807) is 7.11 Å². The van der Waals surface area contributed by atoms with Crippen LogP contribution in [-0.4, -0.2) is 49.7 Å². The van der Waals surface area contributed by atoms with Crippen molar-refractivity contribution in [3.63, 3.8) is 0 Å². The number of piperidine rings is 1. The Kier molecular flexibility index (Phi) is 6.54. The molecule has 1 aromatic carbocycles. The SMILES string of the molecule is COc1ccc(OC2CCN(C(=O)[C@@H]3CCCN3)CC2)cc1.Cl. The molecule has 0 aromatic heterocycles. The van der Waals surface area contributed by atoms with Crippen molar-refractivity contribution >= 4 is 18.3 Å². The summed E-state index contributed by atoms with van der Waals surface area (Å²) in [5.74, 6) is 1.96. The summed E-state index contributed by atoms with van der Waals surface area (Å²) >= 11 is 0. The van der Waals surface area contributed by atoms with Gasteiger partial charge in [-0.25, -0.2) is 0 Å². The molecule has 0 spiro atoms. The highest BCUT2D eigenvalue weighted by molar-refractivity contribution is 5.85. The van der Waals surface area contributed by atoms with E-state index in [-0.39, 0.29) is 30.5 Å². The van der Waals surface area contributed by atoms with Gasteiger partial charge in [0.25, 0.3) is 0 Å². The van der Waals surface area contributed by atoms with Crippen molar-refractivity contribution in [1.82, 2.24) is 10.2 Å². The van der Waals surface area contributed by atoms with Crippen molar-refractivity contribution in [3.05, 3.63) is 24.3 Å². The molecule has 0 saturated carbocycles. The Balaban J connectivity index is 0.00000192. The van der Waals surface area contributed by atoms with E-state index in [1.165, 1.54) is 0 Å². The monoisotopic (exact) mass is 340 g/mol. The fourth-order valence-corrected chi connectivity index (χ4v) is 3.16. The maximum atomic E-state index is 12.3. The van der Waals surface area contributed by atoms with Crippen molar-refractivity contribution in [3.8, 4) is 11.5 Å².